The normalized spacial score (nSPS) is 14.8. The number of piperazine rings is 1. The molecule has 0 bridgehead atoms. The average molecular weight is 486 g/mol. The van der Waals surface area contributed by atoms with Crippen molar-refractivity contribution in [1.82, 2.24) is 9.80 Å². The van der Waals surface area contributed by atoms with Crippen LogP contribution < -0.4 is 15.2 Å². The molecule has 2 aromatic rings. The molecule has 2 amide bonds. The molecule has 0 unspecified atom stereocenters. The molecular formula is C22H23ClF3N3O4. The predicted molar refractivity (Wildman–Crippen MR) is 115 cm³/mol. The molecule has 11 heteroatoms. The Bertz CT molecular complexity index is 1010. The Balaban J connectivity index is 1.61. The summed E-state index contributed by atoms with van der Waals surface area (Å²) in [5.41, 5.74) is 5.48. The molecule has 3 rings (SSSR count). The lowest BCUT2D eigenvalue weighted by molar-refractivity contribution is -0.137. The van der Waals surface area contributed by atoms with E-state index in [-0.39, 0.29) is 29.0 Å². The van der Waals surface area contributed by atoms with E-state index in [1.807, 2.05) is 0 Å². The van der Waals surface area contributed by atoms with Gasteiger partial charge in [0.25, 0.3) is 11.8 Å². The van der Waals surface area contributed by atoms with Gasteiger partial charge in [-0.25, -0.2) is 0 Å². The maximum Gasteiger partial charge on any atom is 0.416 e. The largest absolute Gasteiger partial charge is 0.493 e. The number of halogens is 4. The summed E-state index contributed by atoms with van der Waals surface area (Å²) in [4.78, 5) is 27.7. The second-order valence-electron chi connectivity index (χ2n) is 7.51. The second-order valence-corrected chi connectivity index (χ2v) is 7.91. The summed E-state index contributed by atoms with van der Waals surface area (Å²) in [6.07, 6.45) is -4.36. The van der Waals surface area contributed by atoms with Crippen LogP contribution in [0.2, 0.25) is 5.02 Å². The van der Waals surface area contributed by atoms with Crippen molar-refractivity contribution in [3.8, 4) is 11.5 Å². The van der Waals surface area contributed by atoms with Crippen LogP contribution in [0.15, 0.2) is 36.4 Å². The lowest BCUT2D eigenvalue weighted by atomic mass is 10.1. The van der Waals surface area contributed by atoms with Gasteiger partial charge in [-0.1, -0.05) is 23.7 Å². The molecule has 1 saturated heterocycles. The van der Waals surface area contributed by atoms with Crippen molar-refractivity contribution in [1.29, 1.82) is 0 Å². The van der Waals surface area contributed by atoms with Crippen LogP contribution >= 0.6 is 11.6 Å². The quantitative estimate of drug-likeness (QED) is 0.651. The average Bonchev–Trinajstić information content (AvgIpc) is 2.77. The van der Waals surface area contributed by atoms with Crippen LogP contribution in [0, 0.1) is 0 Å². The van der Waals surface area contributed by atoms with E-state index in [2.05, 4.69) is 4.90 Å². The van der Waals surface area contributed by atoms with Gasteiger partial charge in [0.1, 0.15) is 0 Å². The smallest absolute Gasteiger partial charge is 0.416 e. The van der Waals surface area contributed by atoms with Crippen molar-refractivity contribution >= 4 is 23.4 Å². The molecule has 2 N–H and O–H groups in total. The third kappa shape index (κ3) is 6.29. The molecule has 0 radical (unpaired) electrons. The standard InChI is InChI=1S/C22H23ClF3N3O4/c1-32-18-11-15(10-17(23)20(18)33-13-19(27)30)21(31)29-8-6-28(7-9-29)12-14-2-4-16(5-3-14)22(24,25)26/h2-5,10-11H,6-9,12-13H2,1H3,(H2,27,30). The van der Waals surface area contributed by atoms with Crippen molar-refractivity contribution < 1.29 is 32.2 Å². The van der Waals surface area contributed by atoms with Crippen LogP contribution in [0.1, 0.15) is 21.5 Å². The van der Waals surface area contributed by atoms with Gasteiger partial charge in [-0.2, -0.15) is 13.2 Å². The van der Waals surface area contributed by atoms with E-state index in [1.54, 1.807) is 4.90 Å². The van der Waals surface area contributed by atoms with Crippen molar-refractivity contribution in [2.24, 2.45) is 5.73 Å². The summed E-state index contributed by atoms with van der Waals surface area (Å²) >= 11 is 6.23. The van der Waals surface area contributed by atoms with E-state index in [1.165, 1.54) is 31.4 Å². The number of hydrogen-bond acceptors (Lipinski definition) is 5. The summed E-state index contributed by atoms with van der Waals surface area (Å²) < 4.78 is 48.6. The van der Waals surface area contributed by atoms with Crippen molar-refractivity contribution in [3.63, 3.8) is 0 Å². The monoisotopic (exact) mass is 485 g/mol. The van der Waals surface area contributed by atoms with E-state index < -0.39 is 17.6 Å². The molecule has 0 spiro atoms. The Morgan fingerprint density at radius 1 is 1.09 bits per heavy atom. The molecular weight excluding hydrogens is 463 g/mol. The molecule has 33 heavy (non-hydrogen) atoms. The second kappa shape index (κ2) is 10.3. The van der Waals surface area contributed by atoms with Crippen molar-refractivity contribution in [2.75, 3.05) is 39.9 Å². The first-order valence-electron chi connectivity index (χ1n) is 10.0. The fourth-order valence-corrected chi connectivity index (χ4v) is 3.74. The van der Waals surface area contributed by atoms with Crippen molar-refractivity contribution in [2.45, 2.75) is 12.7 Å². The lowest BCUT2D eigenvalue weighted by Crippen LogP contribution is -2.48. The van der Waals surface area contributed by atoms with Gasteiger partial charge in [-0.3, -0.25) is 14.5 Å². The molecule has 1 heterocycles. The van der Waals surface area contributed by atoms with Crippen molar-refractivity contribution in [3.05, 3.63) is 58.1 Å². The Hall–Kier alpha value is -2.98. The van der Waals surface area contributed by atoms with E-state index in [0.717, 1.165) is 17.7 Å². The minimum Gasteiger partial charge on any atom is -0.493 e. The molecule has 0 saturated carbocycles. The van der Waals surface area contributed by atoms with Gasteiger partial charge < -0.3 is 20.1 Å². The van der Waals surface area contributed by atoms with E-state index >= 15 is 0 Å². The number of carbonyl (C=O) groups is 2. The topological polar surface area (TPSA) is 85.1 Å². The number of benzene rings is 2. The van der Waals surface area contributed by atoms with Gasteiger partial charge in [0, 0.05) is 38.3 Å². The number of methoxy groups -OCH3 is 1. The highest BCUT2D eigenvalue weighted by Crippen LogP contribution is 2.37. The summed E-state index contributed by atoms with van der Waals surface area (Å²) in [7, 11) is 1.39. The summed E-state index contributed by atoms with van der Waals surface area (Å²) in [6.45, 7) is 2.13. The van der Waals surface area contributed by atoms with Gasteiger partial charge in [-0.05, 0) is 29.8 Å². The number of nitrogens with two attached hydrogens (primary N) is 1. The fraction of sp³-hybridized carbons (Fsp3) is 0.364. The van der Waals surface area contributed by atoms with Gasteiger partial charge in [-0.15, -0.1) is 0 Å². The van der Waals surface area contributed by atoms with Crippen LogP contribution in [0.5, 0.6) is 11.5 Å². The highest BCUT2D eigenvalue weighted by molar-refractivity contribution is 6.32. The Labute approximate surface area is 193 Å². The third-order valence-corrected chi connectivity index (χ3v) is 5.46. The zero-order valence-electron chi connectivity index (χ0n) is 17.8. The third-order valence-electron chi connectivity index (χ3n) is 5.18. The first kappa shape index (κ1) is 24.7. The number of alkyl halides is 3. The molecule has 0 aliphatic carbocycles. The number of hydrogen-bond donors (Lipinski definition) is 1. The molecule has 1 fully saturated rings. The Morgan fingerprint density at radius 3 is 2.27 bits per heavy atom. The number of primary amides is 1. The molecule has 0 aromatic heterocycles. The first-order chi connectivity index (χ1) is 15.6. The predicted octanol–water partition coefficient (Wildman–Crippen LogP) is 3.19. The van der Waals surface area contributed by atoms with Crippen LogP contribution in [0.3, 0.4) is 0 Å². The van der Waals surface area contributed by atoms with Crippen LogP contribution in [0.4, 0.5) is 13.2 Å². The lowest BCUT2D eigenvalue weighted by Gasteiger charge is -2.35. The SMILES string of the molecule is COc1cc(C(=O)N2CCN(Cc3ccc(C(F)(F)F)cc3)CC2)cc(Cl)c1OCC(N)=O. The summed E-state index contributed by atoms with van der Waals surface area (Å²) in [5, 5.41) is 0.111. The zero-order valence-corrected chi connectivity index (χ0v) is 18.6. The Kier molecular flexibility index (Phi) is 7.70. The van der Waals surface area contributed by atoms with Crippen LogP contribution in [-0.2, 0) is 17.5 Å². The number of ether oxygens (including phenoxy) is 2. The summed E-state index contributed by atoms with van der Waals surface area (Å²) in [6, 6.07) is 8.01. The molecule has 178 valence electrons. The minimum absolute atomic E-state index is 0.111. The Morgan fingerprint density at radius 2 is 1.73 bits per heavy atom. The maximum absolute atomic E-state index is 13.0. The minimum atomic E-state index is -4.36. The maximum atomic E-state index is 13.0. The zero-order chi connectivity index (χ0) is 24.2. The number of nitrogens with zero attached hydrogens (tertiary/aromatic N) is 2. The summed E-state index contributed by atoms with van der Waals surface area (Å²) in [5.74, 6) is -0.600. The van der Waals surface area contributed by atoms with Gasteiger partial charge >= 0.3 is 6.18 Å². The van der Waals surface area contributed by atoms with Crippen LogP contribution in [0.25, 0.3) is 0 Å². The first-order valence-corrected chi connectivity index (χ1v) is 10.4. The molecule has 2 aromatic carbocycles. The highest BCUT2D eigenvalue weighted by atomic mass is 35.5. The fourth-order valence-electron chi connectivity index (χ4n) is 3.48. The van der Waals surface area contributed by atoms with Gasteiger partial charge in [0.05, 0.1) is 17.7 Å². The molecule has 1 aliphatic heterocycles. The van der Waals surface area contributed by atoms with E-state index in [9.17, 15) is 22.8 Å². The van der Waals surface area contributed by atoms with E-state index in [4.69, 9.17) is 26.8 Å². The van der Waals surface area contributed by atoms with Gasteiger partial charge in [0.15, 0.2) is 18.1 Å². The van der Waals surface area contributed by atoms with Crippen LogP contribution in [-0.4, -0.2) is 61.5 Å². The van der Waals surface area contributed by atoms with Gasteiger partial charge in [0.2, 0.25) is 0 Å². The molecule has 7 nitrogen and oxygen atoms in total. The molecule has 1 aliphatic rings. The number of rotatable bonds is 7. The number of carbonyl (C=O) groups excluding carboxylic acids is 2. The molecule has 0 atom stereocenters. The number of amides is 2. The van der Waals surface area contributed by atoms with E-state index in [0.29, 0.717) is 38.3 Å². The highest BCUT2D eigenvalue weighted by Gasteiger charge is 2.30.